The smallest absolute Gasteiger partial charge is 0.223 e. The van der Waals surface area contributed by atoms with E-state index in [0.717, 1.165) is 19.3 Å². The van der Waals surface area contributed by atoms with Gasteiger partial charge in [-0.25, -0.2) is 0 Å². The van der Waals surface area contributed by atoms with Crippen LogP contribution in [0.2, 0.25) is 0 Å². The minimum absolute atomic E-state index is 0.0164. The van der Waals surface area contributed by atoms with Gasteiger partial charge in [0.05, 0.1) is 6.04 Å². The fourth-order valence-electron chi connectivity index (χ4n) is 1.47. The largest absolute Gasteiger partial charge is 0.346 e. The van der Waals surface area contributed by atoms with Crippen molar-refractivity contribution in [1.82, 2.24) is 5.32 Å². The predicted molar refractivity (Wildman–Crippen MR) is 50.2 cm³/mol. The van der Waals surface area contributed by atoms with Crippen molar-refractivity contribution in [3.63, 3.8) is 0 Å². The molecule has 0 radical (unpaired) electrons. The van der Waals surface area contributed by atoms with Gasteiger partial charge in [-0.05, 0) is 19.3 Å². The number of rotatable bonds is 3. The second kappa shape index (κ2) is 4.40. The summed E-state index contributed by atoms with van der Waals surface area (Å²) in [5, 5.41) is 2.79. The number of hydrogen-bond donors (Lipinski definition) is 1. The molecule has 1 rings (SSSR count). The molecule has 2 atom stereocenters. The molecule has 0 aromatic carbocycles. The summed E-state index contributed by atoms with van der Waals surface area (Å²) < 4.78 is 0. The van der Waals surface area contributed by atoms with Crippen LogP contribution in [0.1, 0.15) is 39.5 Å². The summed E-state index contributed by atoms with van der Waals surface area (Å²) >= 11 is 0. The number of amides is 1. The molecule has 0 saturated heterocycles. The van der Waals surface area contributed by atoms with Gasteiger partial charge in [0, 0.05) is 12.3 Å². The van der Waals surface area contributed by atoms with Crippen molar-refractivity contribution >= 4 is 11.7 Å². The van der Waals surface area contributed by atoms with E-state index >= 15 is 0 Å². The number of carbonyl (C=O) groups excluding carboxylic acids is 2. The van der Waals surface area contributed by atoms with Gasteiger partial charge < -0.3 is 5.32 Å². The molecule has 0 spiro atoms. The van der Waals surface area contributed by atoms with Crippen molar-refractivity contribution < 1.29 is 9.59 Å². The summed E-state index contributed by atoms with van der Waals surface area (Å²) in [6.45, 7) is 3.86. The molecule has 1 fully saturated rings. The first-order valence-corrected chi connectivity index (χ1v) is 4.98. The molecule has 0 aromatic heterocycles. The molecule has 0 heterocycles. The van der Waals surface area contributed by atoms with E-state index in [-0.39, 0.29) is 23.7 Å². The molecule has 3 heteroatoms. The molecule has 3 nitrogen and oxygen atoms in total. The first-order chi connectivity index (χ1) is 6.15. The van der Waals surface area contributed by atoms with Gasteiger partial charge >= 0.3 is 0 Å². The van der Waals surface area contributed by atoms with E-state index < -0.39 is 0 Å². The highest BCUT2D eigenvalue weighted by Crippen LogP contribution is 2.15. The zero-order valence-corrected chi connectivity index (χ0v) is 8.30. The summed E-state index contributed by atoms with van der Waals surface area (Å²) in [5.41, 5.74) is 0. The first-order valence-electron chi connectivity index (χ1n) is 4.98. The lowest BCUT2D eigenvalue weighted by Crippen LogP contribution is -2.40. The van der Waals surface area contributed by atoms with Crippen molar-refractivity contribution in [3.05, 3.63) is 0 Å². The maximum atomic E-state index is 11.4. The maximum absolute atomic E-state index is 11.4. The van der Waals surface area contributed by atoms with Crippen LogP contribution in [0.15, 0.2) is 0 Å². The van der Waals surface area contributed by atoms with Crippen molar-refractivity contribution in [2.45, 2.75) is 45.6 Å². The third-order valence-electron chi connectivity index (χ3n) is 2.68. The number of ketones is 1. The molecule has 1 N–H and O–H groups in total. The summed E-state index contributed by atoms with van der Waals surface area (Å²) in [6, 6.07) is -0.193. The van der Waals surface area contributed by atoms with E-state index in [1.54, 1.807) is 0 Å². The Bertz CT molecular complexity index is 213. The van der Waals surface area contributed by atoms with Crippen LogP contribution in [0, 0.1) is 5.92 Å². The molecule has 1 amide bonds. The maximum Gasteiger partial charge on any atom is 0.223 e. The van der Waals surface area contributed by atoms with Crippen LogP contribution in [-0.4, -0.2) is 17.7 Å². The van der Waals surface area contributed by atoms with Gasteiger partial charge in [-0.1, -0.05) is 13.8 Å². The Morgan fingerprint density at radius 3 is 2.85 bits per heavy atom. The fraction of sp³-hybridized carbons (Fsp3) is 0.800. The zero-order chi connectivity index (χ0) is 9.84. The Morgan fingerprint density at radius 2 is 2.38 bits per heavy atom. The Hall–Kier alpha value is -0.860. The molecule has 0 aromatic rings. The minimum Gasteiger partial charge on any atom is -0.346 e. The normalized spacial score (nSPS) is 24.5. The van der Waals surface area contributed by atoms with Crippen LogP contribution in [0.5, 0.6) is 0 Å². The van der Waals surface area contributed by atoms with Gasteiger partial charge in [-0.15, -0.1) is 0 Å². The van der Waals surface area contributed by atoms with Gasteiger partial charge in [0.25, 0.3) is 0 Å². The van der Waals surface area contributed by atoms with E-state index in [1.165, 1.54) is 0 Å². The Kier molecular flexibility index (Phi) is 3.46. The van der Waals surface area contributed by atoms with E-state index in [0.29, 0.717) is 6.42 Å². The lowest BCUT2D eigenvalue weighted by atomic mass is 10.1. The molecule has 1 aliphatic rings. The second-order valence-corrected chi connectivity index (χ2v) is 3.73. The van der Waals surface area contributed by atoms with E-state index in [4.69, 9.17) is 0 Å². The lowest BCUT2D eigenvalue weighted by Gasteiger charge is -2.14. The average molecular weight is 183 g/mol. The quantitative estimate of drug-likeness (QED) is 0.716. The summed E-state index contributed by atoms with van der Waals surface area (Å²) in [5.74, 6) is 0.229. The van der Waals surface area contributed by atoms with Crippen LogP contribution in [-0.2, 0) is 9.59 Å². The molecule has 13 heavy (non-hydrogen) atoms. The van der Waals surface area contributed by atoms with E-state index in [2.05, 4.69) is 5.32 Å². The summed E-state index contributed by atoms with van der Waals surface area (Å²) in [4.78, 5) is 22.6. The third-order valence-corrected chi connectivity index (χ3v) is 2.68. The van der Waals surface area contributed by atoms with Crippen molar-refractivity contribution in [2.24, 2.45) is 5.92 Å². The summed E-state index contributed by atoms with van der Waals surface area (Å²) in [7, 11) is 0. The van der Waals surface area contributed by atoms with Crippen LogP contribution in [0.25, 0.3) is 0 Å². The molecule has 0 aliphatic heterocycles. The van der Waals surface area contributed by atoms with Gasteiger partial charge in [0.2, 0.25) is 5.91 Å². The number of nitrogens with one attached hydrogen (secondary N) is 1. The van der Waals surface area contributed by atoms with Gasteiger partial charge in [-0.2, -0.15) is 0 Å². The number of carbonyl (C=O) groups is 2. The molecular formula is C10H17NO2. The number of Topliss-reactive ketones (excluding diaryl/α,β-unsaturated/α-hetero) is 1. The van der Waals surface area contributed by atoms with Gasteiger partial charge in [0.1, 0.15) is 0 Å². The van der Waals surface area contributed by atoms with Crippen LogP contribution >= 0.6 is 0 Å². The monoisotopic (exact) mass is 183 g/mol. The van der Waals surface area contributed by atoms with Crippen LogP contribution in [0.3, 0.4) is 0 Å². The fourth-order valence-corrected chi connectivity index (χ4v) is 1.47. The van der Waals surface area contributed by atoms with Crippen LogP contribution in [0.4, 0.5) is 0 Å². The molecule has 0 bridgehead atoms. The first kappa shape index (κ1) is 10.2. The zero-order valence-electron chi connectivity index (χ0n) is 8.30. The molecular weight excluding hydrogens is 166 g/mol. The molecule has 1 saturated carbocycles. The molecule has 74 valence electrons. The van der Waals surface area contributed by atoms with Gasteiger partial charge in [-0.3, -0.25) is 9.59 Å². The van der Waals surface area contributed by atoms with Crippen LogP contribution < -0.4 is 5.32 Å². The second-order valence-electron chi connectivity index (χ2n) is 3.73. The van der Waals surface area contributed by atoms with Gasteiger partial charge in [0.15, 0.2) is 5.78 Å². The molecule has 1 aliphatic carbocycles. The topological polar surface area (TPSA) is 46.2 Å². The molecule has 1 unspecified atom stereocenters. The standard InChI is InChI=1S/C10H17NO2/c1-3-7(2)10(13)11-8-5-4-6-9(8)12/h7-8H,3-6H2,1-2H3,(H,11,13)/t7?,8-/m0/s1. The van der Waals surface area contributed by atoms with Crippen molar-refractivity contribution in [2.75, 3.05) is 0 Å². The van der Waals surface area contributed by atoms with E-state index in [9.17, 15) is 9.59 Å². The minimum atomic E-state index is -0.193. The van der Waals surface area contributed by atoms with Crippen molar-refractivity contribution in [3.8, 4) is 0 Å². The Balaban J connectivity index is 2.39. The highest BCUT2D eigenvalue weighted by atomic mass is 16.2. The highest BCUT2D eigenvalue weighted by molar-refractivity contribution is 5.90. The number of hydrogen-bond acceptors (Lipinski definition) is 2. The summed E-state index contributed by atoms with van der Waals surface area (Å²) in [6.07, 6.45) is 3.20. The highest BCUT2D eigenvalue weighted by Gasteiger charge is 2.26. The average Bonchev–Trinajstić information content (AvgIpc) is 2.50. The Morgan fingerprint density at radius 1 is 1.69 bits per heavy atom. The van der Waals surface area contributed by atoms with Crippen molar-refractivity contribution in [1.29, 1.82) is 0 Å². The third kappa shape index (κ3) is 2.54. The predicted octanol–water partition coefficient (Wildman–Crippen LogP) is 1.27. The SMILES string of the molecule is CCC(C)C(=O)N[C@H]1CCCC1=O. The van der Waals surface area contributed by atoms with E-state index in [1.807, 2.05) is 13.8 Å². The lowest BCUT2D eigenvalue weighted by molar-refractivity contribution is -0.128. The Labute approximate surface area is 78.9 Å².